The summed E-state index contributed by atoms with van der Waals surface area (Å²) in [4.78, 5) is 18.6. The number of nitrogens with zero attached hydrogens (tertiary/aromatic N) is 3. The lowest BCUT2D eigenvalue weighted by Crippen LogP contribution is -2.44. The fourth-order valence-electron chi connectivity index (χ4n) is 2.23. The summed E-state index contributed by atoms with van der Waals surface area (Å²) < 4.78 is 5.67. The Hall–Kier alpha value is -2.09. The zero-order chi connectivity index (χ0) is 15.6. The van der Waals surface area contributed by atoms with Gasteiger partial charge in [0.05, 0.1) is 13.1 Å². The van der Waals surface area contributed by atoms with Crippen molar-refractivity contribution < 1.29 is 9.53 Å². The van der Waals surface area contributed by atoms with Gasteiger partial charge < -0.3 is 9.64 Å². The second kappa shape index (κ2) is 5.72. The molecule has 2 heterocycles. The Bertz CT molecular complexity index is 588. The van der Waals surface area contributed by atoms with Gasteiger partial charge in [0.25, 0.3) is 0 Å². The molecule has 0 atom stereocenters. The van der Waals surface area contributed by atoms with Crippen molar-refractivity contribution >= 4 is 5.91 Å². The maximum atomic E-state index is 12.8. The molecule has 5 nitrogen and oxygen atoms in total. The van der Waals surface area contributed by atoms with Crippen LogP contribution < -0.4 is 4.74 Å². The number of carbonyl (C=O) groups is 1. The van der Waals surface area contributed by atoms with Crippen LogP contribution in [0.1, 0.15) is 38.8 Å². The van der Waals surface area contributed by atoms with Crippen LogP contribution in [0.2, 0.25) is 0 Å². The minimum absolute atomic E-state index is 0.108. The summed E-state index contributed by atoms with van der Waals surface area (Å²) in [5.41, 5.74) is 0.787. The number of ether oxygens (including phenoxy) is 1. The molecule has 0 N–H and O–H groups in total. The first-order valence-corrected chi connectivity index (χ1v) is 7.17. The average Bonchev–Trinajstić information content (AvgIpc) is 2.67. The Morgan fingerprint density at radius 3 is 2.81 bits per heavy atom. The van der Waals surface area contributed by atoms with Gasteiger partial charge in [-0.2, -0.15) is 5.26 Å². The lowest BCUT2D eigenvalue weighted by Gasteiger charge is -2.33. The van der Waals surface area contributed by atoms with E-state index in [2.05, 4.69) is 24.9 Å². The summed E-state index contributed by atoms with van der Waals surface area (Å²) in [6, 6.07) is 2.08. The maximum Gasteiger partial charge on any atom is 0.228 e. The molecule has 0 aromatic carbocycles. The molecule has 0 bridgehead atoms. The number of pyridine rings is 1. The van der Waals surface area contributed by atoms with Crippen LogP contribution in [-0.2, 0) is 11.3 Å². The Morgan fingerprint density at radius 2 is 2.19 bits per heavy atom. The average molecular weight is 287 g/mol. The topological polar surface area (TPSA) is 66.2 Å². The van der Waals surface area contributed by atoms with Gasteiger partial charge in [0.1, 0.15) is 24.0 Å². The van der Waals surface area contributed by atoms with Crippen molar-refractivity contribution in [1.82, 2.24) is 9.88 Å². The van der Waals surface area contributed by atoms with Gasteiger partial charge in [-0.15, -0.1) is 0 Å². The molecule has 21 heavy (non-hydrogen) atoms. The van der Waals surface area contributed by atoms with Gasteiger partial charge in [-0.05, 0) is 5.92 Å². The SMILES string of the molecule is CC(C)C(C)(C)C(=O)N1CCOc2c(C#N)cncc2C1. The van der Waals surface area contributed by atoms with Gasteiger partial charge in [0.15, 0.2) is 0 Å². The first-order chi connectivity index (χ1) is 9.87. The largest absolute Gasteiger partial charge is 0.490 e. The van der Waals surface area contributed by atoms with Crippen LogP contribution in [0.4, 0.5) is 0 Å². The van der Waals surface area contributed by atoms with Crippen LogP contribution in [0.15, 0.2) is 12.4 Å². The number of hydrogen-bond acceptors (Lipinski definition) is 4. The van der Waals surface area contributed by atoms with E-state index < -0.39 is 5.41 Å². The summed E-state index contributed by atoms with van der Waals surface area (Å²) in [5.74, 6) is 0.915. The number of carbonyl (C=O) groups excluding carboxylic acids is 1. The number of amides is 1. The molecule has 1 aliphatic rings. The second-order valence-electron chi connectivity index (χ2n) is 6.24. The quantitative estimate of drug-likeness (QED) is 0.837. The Morgan fingerprint density at radius 1 is 1.48 bits per heavy atom. The number of nitriles is 1. The molecule has 2 rings (SSSR count). The molecular weight excluding hydrogens is 266 g/mol. The molecule has 1 amide bonds. The minimum Gasteiger partial charge on any atom is -0.490 e. The predicted molar refractivity (Wildman–Crippen MR) is 78.5 cm³/mol. The molecule has 1 aliphatic heterocycles. The van der Waals surface area contributed by atoms with E-state index in [1.807, 2.05) is 13.8 Å². The van der Waals surface area contributed by atoms with E-state index in [-0.39, 0.29) is 11.8 Å². The van der Waals surface area contributed by atoms with Crippen LogP contribution in [0.5, 0.6) is 5.75 Å². The normalized spacial score (nSPS) is 15.0. The van der Waals surface area contributed by atoms with E-state index in [0.29, 0.717) is 31.0 Å². The first-order valence-electron chi connectivity index (χ1n) is 7.17. The van der Waals surface area contributed by atoms with Crippen molar-refractivity contribution in [3.05, 3.63) is 23.5 Å². The van der Waals surface area contributed by atoms with Crippen LogP contribution in [0, 0.1) is 22.7 Å². The van der Waals surface area contributed by atoms with E-state index in [1.165, 1.54) is 6.20 Å². The van der Waals surface area contributed by atoms with Crippen LogP contribution in [0.3, 0.4) is 0 Å². The molecule has 0 unspecified atom stereocenters. The van der Waals surface area contributed by atoms with E-state index in [4.69, 9.17) is 10.00 Å². The number of hydrogen-bond donors (Lipinski definition) is 0. The van der Waals surface area contributed by atoms with Crippen molar-refractivity contribution in [3.8, 4) is 11.8 Å². The van der Waals surface area contributed by atoms with E-state index in [1.54, 1.807) is 11.1 Å². The number of rotatable bonds is 2. The van der Waals surface area contributed by atoms with Crippen molar-refractivity contribution in [3.63, 3.8) is 0 Å². The zero-order valence-corrected chi connectivity index (χ0v) is 13.0. The van der Waals surface area contributed by atoms with Gasteiger partial charge in [-0.3, -0.25) is 9.78 Å². The Labute approximate surface area is 125 Å². The van der Waals surface area contributed by atoms with Crippen molar-refractivity contribution in [2.24, 2.45) is 11.3 Å². The van der Waals surface area contributed by atoms with Crippen molar-refractivity contribution in [2.75, 3.05) is 13.2 Å². The lowest BCUT2D eigenvalue weighted by atomic mass is 9.80. The van der Waals surface area contributed by atoms with Crippen LogP contribution in [0.25, 0.3) is 0 Å². The Balaban J connectivity index is 2.30. The molecule has 1 aromatic rings. The predicted octanol–water partition coefficient (Wildman–Crippen LogP) is 2.36. The fraction of sp³-hybridized carbons (Fsp3) is 0.562. The zero-order valence-electron chi connectivity index (χ0n) is 13.0. The van der Waals surface area contributed by atoms with Crippen molar-refractivity contribution in [1.29, 1.82) is 5.26 Å². The highest BCUT2D eigenvalue weighted by molar-refractivity contribution is 5.82. The van der Waals surface area contributed by atoms with Crippen LogP contribution >= 0.6 is 0 Å². The van der Waals surface area contributed by atoms with Gasteiger partial charge in [0.2, 0.25) is 5.91 Å². The molecule has 0 saturated heterocycles. The Kier molecular flexibility index (Phi) is 4.17. The van der Waals surface area contributed by atoms with Crippen molar-refractivity contribution in [2.45, 2.75) is 34.2 Å². The third kappa shape index (κ3) is 2.85. The number of fused-ring (bicyclic) bond motifs is 1. The molecule has 0 radical (unpaired) electrons. The summed E-state index contributed by atoms with van der Waals surface area (Å²) in [6.07, 6.45) is 3.17. The van der Waals surface area contributed by atoms with E-state index in [0.717, 1.165) is 5.56 Å². The smallest absolute Gasteiger partial charge is 0.228 e. The minimum atomic E-state index is -0.426. The summed E-state index contributed by atoms with van der Waals surface area (Å²) in [6.45, 7) is 9.39. The number of aromatic nitrogens is 1. The standard InChI is InChI=1S/C16H21N3O2/c1-11(2)16(3,4)15(20)19-5-6-21-14-12(7-17)8-18-9-13(14)10-19/h8-9,11H,5-6,10H2,1-4H3. The molecule has 0 fully saturated rings. The lowest BCUT2D eigenvalue weighted by molar-refractivity contribution is -0.143. The summed E-state index contributed by atoms with van der Waals surface area (Å²) in [7, 11) is 0. The fourth-order valence-corrected chi connectivity index (χ4v) is 2.23. The molecule has 112 valence electrons. The van der Waals surface area contributed by atoms with Gasteiger partial charge in [0, 0.05) is 23.4 Å². The molecule has 0 aliphatic carbocycles. The highest BCUT2D eigenvalue weighted by Gasteiger charge is 2.36. The highest BCUT2D eigenvalue weighted by atomic mass is 16.5. The van der Waals surface area contributed by atoms with E-state index >= 15 is 0 Å². The van der Waals surface area contributed by atoms with Gasteiger partial charge >= 0.3 is 0 Å². The first kappa shape index (κ1) is 15.3. The molecular formula is C16H21N3O2. The van der Waals surface area contributed by atoms with Gasteiger partial charge in [-0.1, -0.05) is 27.7 Å². The summed E-state index contributed by atoms with van der Waals surface area (Å²) in [5, 5.41) is 9.11. The molecule has 0 spiro atoms. The molecule has 1 aromatic heterocycles. The van der Waals surface area contributed by atoms with E-state index in [9.17, 15) is 4.79 Å². The molecule has 5 heteroatoms. The van der Waals surface area contributed by atoms with Gasteiger partial charge in [-0.25, -0.2) is 0 Å². The van der Waals surface area contributed by atoms with Crippen LogP contribution in [-0.4, -0.2) is 28.9 Å². The maximum absolute atomic E-state index is 12.8. The highest BCUT2D eigenvalue weighted by Crippen LogP contribution is 2.32. The summed E-state index contributed by atoms with van der Waals surface area (Å²) >= 11 is 0. The third-order valence-corrected chi connectivity index (χ3v) is 4.34. The molecule has 0 saturated carbocycles. The second-order valence-corrected chi connectivity index (χ2v) is 6.24. The third-order valence-electron chi connectivity index (χ3n) is 4.34. The monoisotopic (exact) mass is 287 g/mol.